The van der Waals surface area contributed by atoms with E-state index in [1.807, 2.05) is 0 Å². The van der Waals surface area contributed by atoms with Crippen LogP contribution in [0.25, 0.3) is 0 Å². The molecule has 0 aromatic heterocycles. The second kappa shape index (κ2) is 2.80. The van der Waals surface area contributed by atoms with Gasteiger partial charge in [0.1, 0.15) is 5.71 Å². The lowest BCUT2D eigenvalue weighted by Crippen LogP contribution is -2.43. The Morgan fingerprint density at radius 2 is 2.11 bits per heavy atom. The van der Waals surface area contributed by atoms with Crippen LogP contribution in [0.4, 0.5) is 0 Å². The normalized spacial score (nSPS) is 14.0. The first kappa shape index (κ1) is 8.39. The first-order valence-electron chi connectivity index (χ1n) is 2.63. The van der Waals surface area contributed by atoms with Gasteiger partial charge in [0.2, 0.25) is 0 Å². The van der Waals surface area contributed by atoms with E-state index < -0.39 is 5.54 Å². The molecule has 4 nitrogen and oxygen atoms in total. The van der Waals surface area contributed by atoms with Crippen molar-refractivity contribution in [2.45, 2.75) is 19.4 Å². The third-order valence-corrected chi connectivity index (χ3v) is 1.01. The molecular weight excluding hydrogens is 120 g/mol. The van der Waals surface area contributed by atoms with Crippen molar-refractivity contribution in [3.8, 4) is 0 Å². The third-order valence-electron chi connectivity index (χ3n) is 1.01. The van der Waals surface area contributed by atoms with Gasteiger partial charge in [-0.3, -0.25) is 0 Å². The van der Waals surface area contributed by atoms with Crippen molar-refractivity contribution in [1.29, 1.82) is 0 Å². The third kappa shape index (κ3) is 2.43. The molecule has 0 aliphatic rings. The average molecular weight is 132 g/mol. The minimum Gasteiger partial charge on any atom is -0.411 e. The maximum Gasteiger partial charge on any atom is 0.102 e. The fraction of sp³-hybridized carbons (Fsp3) is 0.800. The molecule has 0 rings (SSSR count). The highest BCUT2D eigenvalue weighted by atomic mass is 16.4. The smallest absolute Gasteiger partial charge is 0.102 e. The zero-order valence-corrected chi connectivity index (χ0v) is 5.63. The molecular formula is C5H12N2O2. The number of nitrogens with zero attached hydrogens (tertiary/aromatic N) is 1. The van der Waals surface area contributed by atoms with Crippen LogP contribution in [-0.2, 0) is 0 Å². The summed E-state index contributed by atoms with van der Waals surface area (Å²) < 4.78 is 0. The van der Waals surface area contributed by atoms with Crippen molar-refractivity contribution in [2.75, 3.05) is 6.61 Å². The molecule has 0 atom stereocenters. The lowest BCUT2D eigenvalue weighted by molar-refractivity contribution is 0.294. The first-order valence-corrected chi connectivity index (χ1v) is 2.63. The van der Waals surface area contributed by atoms with Gasteiger partial charge in [0, 0.05) is 0 Å². The summed E-state index contributed by atoms with van der Waals surface area (Å²) in [5.74, 6) is 0. The average Bonchev–Trinajstić information content (AvgIpc) is 1.65. The Kier molecular flexibility index (Phi) is 2.61. The fourth-order valence-corrected chi connectivity index (χ4v) is 0.364. The van der Waals surface area contributed by atoms with Crippen LogP contribution in [0, 0.1) is 0 Å². The van der Waals surface area contributed by atoms with Crippen LogP contribution in [-0.4, -0.2) is 28.2 Å². The Morgan fingerprint density at radius 3 is 2.11 bits per heavy atom. The molecule has 0 saturated heterocycles. The van der Waals surface area contributed by atoms with Crippen LogP contribution in [0.3, 0.4) is 0 Å². The van der Waals surface area contributed by atoms with Gasteiger partial charge in [-0.1, -0.05) is 5.16 Å². The number of oxime groups is 1. The molecule has 4 heteroatoms. The van der Waals surface area contributed by atoms with Crippen LogP contribution in [0.15, 0.2) is 5.16 Å². The van der Waals surface area contributed by atoms with Crippen molar-refractivity contribution in [3.05, 3.63) is 0 Å². The monoisotopic (exact) mass is 132 g/mol. The van der Waals surface area contributed by atoms with Gasteiger partial charge in [-0.25, -0.2) is 0 Å². The molecule has 0 bridgehead atoms. The van der Waals surface area contributed by atoms with Gasteiger partial charge in [0.25, 0.3) is 0 Å². The summed E-state index contributed by atoms with van der Waals surface area (Å²) in [4.78, 5) is 0. The van der Waals surface area contributed by atoms with E-state index in [1.165, 1.54) is 0 Å². The molecule has 0 radical (unpaired) electrons. The molecule has 4 N–H and O–H groups in total. The predicted molar refractivity (Wildman–Crippen MR) is 34.6 cm³/mol. The van der Waals surface area contributed by atoms with Crippen molar-refractivity contribution in [2.24, 2.45) is 10.9 Å². The Labute approximate surface area is 54.0 Å². The molecule has 9 heavy (non-hydrogen) atoms. The van der Waals surface area contributed by atoms with Crippen LogP contribution in [0.2, 0.25) is 0 Å². The Balaban J connectivity index is 4.14. The molecule has 0 aromatic carbocycles. The van der Waals surface area contributed by atoms with Crippen LogP contribution >= 0.6 is 0 Å². The van der Waals surface area contributed by atoms with Gasteiger partial charge in [0.15, 0.2) is 0 Å². The second-order valence-corrected chi connectivity index (χ2v) is 2.43. The number of nitrogens with two attached hydrogens (primary N) is 1. The highest BCUT2D eigenvalue weighted by molar-refractivity contribution is 5.92. The lowest BCUT2D eigenvalue weighted by atomic mass is 10.0. The molecule has 54 valence electrons. The summed E-state index contributed by atoms with van der Waals surface area (Å²) in [7, 11) is 0. The van der Waals surface area contributed by atoms with Gasteiger partial charge in [0.05, 0.1) is 12.1 Å². The van der Waals surface area contributed by atoms with Crippen molar-refractivity contribution in [1.82, 2.24) is 0 Å². The summed E-state index contributed by atoms with van der Waals surface area (Å²) in [6.45, 7) is 3.00. The Hall–Kier alpha value is -0.610. The zero-order valence-electron chi connectivity index (χ0n) is 5.63. The van der Waals surface area contributed by atoms with E-state index in [2.05, 4.69) is 5.16 Å². The zero-order chi connectivity index (χ0) is 7.49. The summed E-state index contributed by atoms with van der Waals surface area (Å²) in [6, 6.07) is 0. The summed E-state index contributed by atoms with van der Waals surface area (Å²) >= 11 is 0. The molecule has 0 saturated carbocycles. The molecule has 0 spiro atoms. The van der Waals surface area contributed by atoms with Crippen LogP contribution in [0.1, 0.15) is 13.8 Å². The van der Waals surface area contributed by atoms with E-state index in [-0.39, 0.29) is 12.3 Å². The largest absolute Gasteiger partial charge is 0.411 e. The number of aliphatic hydroxyl groups excluding tert-OH is 1. The van der Waals surface area contributed by atoms with Gasteiger partial charge in [-0.2, -0.15) is 0 Å². The highest BCUT2D eigenvalue weighted by Crippen LogP contribution is 1.98. The summed E-state index contributed by atoms with van der Waals surface area (Å²) in [5.41, 5.74) is 4.90. The number of hydrogen-bond donors (Lipinski definition) is 3. The molecule has 0 amide bonds. The van der Waals surface area contributed by atoms with Crippen LogP contribution in [0.5, 0.6) is 0 Å². The van der Waals surface area contributed by atoms with E-state index in [0.717, 1.165) is 0 Å². The van der Waals surface area contributed by atoms with E-state index in [0.29, 0.717) is 0 Å². The van der Waals surface area contributed by atoms with Gasteiger partial charge < -0.3 is 16.0 Å². The van der Waals surface area contributed by atoms with Crippen molar-refractivity contribution < 1.29 is 10.3 Å². The Morgan fingerprint density at radius 1 is 1.67 bits per heavy atom. The quantitative estimate of drug-likeness (QED) is 0.270. The maximum atomic E-state index is 8.49. The van der Waals surface area contributed by atoms with E-state index in [9.17, 15) is 0 Å². The minimum absolute atomic E-state index is 0.183. The standard InChI is InChI=1S/C5H12N2O2/c1-5(2,6)4(3-8)7-9/h8-9H,3,6H2,1-2H3/b7-4-. The SMILES string of the molecule is CC(C)(N)/C(CO)=N\O. The van der Waals surface area contributed by atoms with E-state index >= 15 is 0 Å². The Bertz CT molecular complexity index is 115. The number of rotatable bonds is 2. The molecule has 0 fully saturated rings. The molecule has 0 aromatic rings. The van der Waals surface area contributed by atoms with Crippen molar-refractivity contribution >= 4 is 5.71 Å². The minimum atomic E-state index is -0.733. The van der Waals surface area contributed by atoms with Gasteiger partial charge in [-0.15, -0.1) is 0 Å². The highest BCUT2D eigenvalue weighted by Gasteiger charge is 2.18. The maximum absolute atomic E-state index is 8.49. The van der Waals surface area contributed by atoms with Gasteiger partial charge >= 0.3 is 0 Å². The molecule has 0 unspecified atom stereocenters. The predicted octanol–water partition coefficient (Wildman–Crippen LogP) is -0.454. The molecule has 0 heterocycles. The molecule has 0 aliphatic carbocycles. The number of aliphatic hydroxyl groups is 1. The van der Waals surface area contributed by atoms with E-state index in [4.69, 9.17) is 16.0 Å². The van der Waals surface area contributed by atoms with Gasteiger partial charge in [-0.05, 0) is 13.8 Å². The summed E-state index contributed by atoms with van der Waals surface area (Å²) in [6.07, 6.45) is 0. The lowest BCUT2D eigenvalue weighted by Gasteiger charge is -2.17. The van der Waals surface area contributed by atoms with E-state index in [1.54, 1.807) is 13.8 Å². The van der Waals surface area contributed by atoms with Crippen LogP contribution < -0.4 is 5.73 Å². The number of hydrogen-bond acceptors (Lipinski definition) is 4. The topological polar surface area (TPSA) is 78.8 Å². The summed E-state index contributed by atoms with van der Waals surface area (Å²) in [5, 5.41) is 19.5. The first-order chi connectivity index (χ1) is 4.02. The second-order valence-electron chi connectivity index (χ2n) is 2.43. The fourth-order valence-electron chi connectivity index (χ4n) is 0.364. The van der Waals surface area contributed by atoms with Crippen molar-refractivity contribution in [3.63, 3.8) is 0 Å². The molecule has 0 aliphatic heterocycles.